The largest absolute Gasteiger partial charge is 0.469 e. The number of nitrogens with zero attached hydrogens (tertiary/aromatic N) is 1. The van der Waals surface area contributed by atoms with Crippen molar-refractivity contribution in [2.75, 3.05) is 14.2 Å². The first kappa shape index (κ1) is 8.92. The van der Waals surface area contributed by atoms with Crippen molar-refractivity contribution in [1.82, 2.24) is 5.32 Å². The SMILES string of the molecule is CNC(C#N)CC(=O)OC. The Labute approximate surface area is 59.8 Å². The molecule has 4 nitrogen and oxygen atoms in total. The van der Waals surface area contributed by atoms with E-state index in [1.54, 1.807) is 7.05 Å². The maximum absolute atomic E-state index is 10.5. The maximum Gasteiger partial charge on any atom is 0.308 e. The Kier molecular flexibility index (Phi) is 4.25. The first-order valence-electron chi connectivity index (χ1n) is 2.88. The lowest BCUT2D eigenvalue weighted by atomic mass is 10.2. The summed E-state index contributed by atoms with van der Waals surface area (Å²) in [5.74, 6) is -0.374. The van der Waals surface area contributed by atoms with E-state index in [1.165, 1.54) is 7.11 Å². The second-order valence-corrected chi connectivity index (χ2v) is 1.75. The van der Waals surface area contributed by atoms with Crippen LogP contribution in [0.1, 0.15) is 6.42 Å². The van der Waals surface area contributed by atoms with Crippen LogP contribution in [0.25, 0.3) is 0 Å². The fraction of sp³-hybridized carbons (Fsp3) is 0.667. The minimum atomic E-state index is -0.438. The van der Waals surface area contributed by atoms with E-state index in [9.17, 15) is 4.79 Å². The Morgan fingerprint density at radius 3 is 2.80 bits per heavy atom. The molecule has 10 heavy (non-hydrogen) atoms. The summed E-state index contributed by atoms with van der Waals surface area (Å²) in [6.45, 7) is 0. The third-order valence-electron chi connectivity index (χ3n) is 1.10. The second-order valence-electron chi connectivity index (χ2n) is 1.75. The first-order chi connectivity index (χ1) is 4.74. The van der Waals surface area contributed by atoms with Crippen molar-refractivity contribution >= 4 is 5.97 Å². The predicted molar refractivity (Wildman–Crippen MR) is 35.1 cm³/mol. The van der Waals surface area contributed by atoms with Gasteiger partial charge in [-0.1, -0.05) is 0 Å². The van der Waals surface area contributed by atoms with Crippen molar-refractivity contribution in [1.29, 1.82) is 5.26 Å². The molecule has 0 saturated carbocycles. The topological polar surface area (TPSA) is 62.1 Å². The van der Waals surface area contributed by atoms with Crippen LogP contribution in [0, 0.1) is 11.3 Å². The normalized spacial score (nSPS) is 11.7. The van der Waals surface area contributed by atoms with Gasteiger partial charge >= 0.3 is 5.97 Å². The van der Waals surface area contributed by atoms with E-state index < -0.39 is 6.04 Å². The summed E-state index contributed by atoms with van der Waals surface area (Å²) in [7, 11) is 2.92. The van der Waals surface area contributed by atoms with Crippen LogP contribution in [0.3, 0.4) is 0 Å². The molecule has 0 rings (SSSR count). The zero-order valence-corrected chi connectivity index (χ0v) is 6.05. The highest BCUT2D eigenvalue weighted by molar-refractivity contribution is 5.70. The van der Waals surface area contributed by atoms with Crippen LogP contribution >= 0.6 is 0 Å². The molecule has 0 aliphatic heterocycles. The Morgan fingerprint density at radius 2 is 2.50 bits per heavy atom. The minimum absolute atomic E-state index is 0.101. The fourth-order valence-corrected chi connectivity index (χ4v) is 0.462. The van der Waals surface area contributed by atoms with Crippen molar-refractivity contribution < 1.29 is 9.53 Å². The molecule has 0 aliphatic rings. The van der Waals surface area contributed by atoms with E-state index in [0.29, 0.717) is 0 Å². The molecule has 1 N–H and O–H groups in total. The van der Waals surface area contributed by atoms with E-state index >= 15 is 0 Å². The van der Waals surface area contributed by atoms with Gasteiger partial charge < -0.3 is 10.1 Å². The molecule has 0 saturated heterocycles. The third-order valence-corrected chi connectivity index (χ3v) is 1.10. The lowest BCUT2D eigenvalue weighted by Crippen LogP contribution is -2.26. The molecule has 0 aromatic heterocycles. The molecule has 4 heteroatoms. The molecule has 0 spiro atoms. The molecule has 1 unspecified atom stereocenters. The van der Waals surface area contributed by atoms with Gasteiger partial charge in [-0.15, -0.1) is 0 Å². The van der Waals surface area contributed by atoms with Gasteiger partial charge in [0.2, 0.25) is 0 Å². The summed E-state index contributed by atoms with van der Waals surface area (Å²) in [4.78, 5) is 10.5. The highest BCUT2D eigenvalue weighted by atomic mass is 16.5. The smallest absolute Gasteiger partial charge is 0.308 e. The van der Waals surface area contributed by atoms with Gasteiger partial charge in [0.05, 0.1) is 19.6 Å². The van der Waals surface area contributed by atoms with Crippen LogP contribution in [0.2, 0.25) is 0 Å². The van der Waals surface area contributed by atoms with Gasteiger partial charge in [-0.2, -0.15) is 5.26 Å². The zero-order valence-electron chi connectivity index (χ0n) is 6.05. The number of methoxy groups -OCH3 is 1. The van der Waals surface area contributed by atoms with Crippen LogP contribution in [0.5, 0.6) is 0 Å². The Hall–Kier alpha value is -1.08. The molecule has 0 radical (unpaired) electrons. The Morgan fingerprint density at radius 1 is 1.90 bits per heavy atom. The van der Waals surface area contributed by atoms with Crippen LogP contribution in [0.4, 0.5) is 0 Å². The van der Waals surface area contributed by atoms with Crippen molar-refractivity contribution in [2.45, 2.75) is 12.5 Å². The maximum atomic E-state index is 10.5. The molecule has 0 aliphatic carbocycles. The van der Waals surface area contributed by atoms with Gasteiger partial charge in [0.15, 0.2) is 0 Å². The molecule has 56 valence electrons. The number of nitriles is 1. The number of hydrogen-bond donors (Lipinski definition) is 1. The van der Waals surface area contributed by atoms with Crippen LogP contribution in [-0.4, -0.2) is 26.2 Å². The first-order valence-corrected chi connectivity index (χ1v) is 2.88. The number of hydrogen-bond acceptors (Lipinski definition) is 4. The highest BCUT2D eigenvalue weighted by Gasteiger charge is 2.09. The van der Waals surface area contributed by atoms with E-state index in [1.807, 2.05) is 6.07 Å². The van der Waals surface area contributed by atoms with E-state index in [4.69, 9.17) is 5.26 Å². The Bertz CT molecular complexity index is 150. The van der Waals surface area contributed by atoms with E-state index in [2.05, 4.69) is 10.1 Å². The summed E-state index contributed by atoms with van der Waals surface area (Å²) in [5.41, 5.74) is 0. The Balaban J connectivity index is 3.66. The lowest BCUT2D eigenvalue weighted by molar-refractivity contribution is -0.140. The van der Waals surface area contributed by atoms with Crippen molar-refractivity contribution in [2.24, 2.45) is 0 Å². The number of carbonyl (C=O) groups is 1. The molecular weight excluding hydrogens is 132 g/mol. The molecule has 0 aromatic carbocycles. The van der Waals surface area contributed by atoms with Gasteiger partial charge in [-0.25, -0.2) is 0 Å². The number of carbonyl (C=O) groups excluding carboxylic acids is 1. The summed E-state index contributed by atoms with van der Waals surface area (Å²) < 4.78 is 4.35. The summed E-state index contributed by atoms with van der Waals surface area (Å²) in [6, 6.07) is 1.47. The van der Waals surface area contributed by atoms with E-state index in [0.717, 1.165) is 0 Å². The number of ether oxygens (including phenoxy) is 1. The average Bonchev–Trinajstić information content (AvgIpc) is 1.99. The fourth-order valence-electron chi connectivity index (χ4n) is 0.462. The molecule has 0 fully saturated rings. The second kappa shape index (κ2) is 4.77. The minimum Gasteiger partial charge on any atom is -0.469 e. The van der Waals surface area contributed by atoms with Crippen molar-refractivity contribution in [3.8, 4) is 6.07 Å². The molecular formula is C6H10N2O2. The van der Waals surface area contributed by atoms with Crippen molar-refractivity contribution in [3.63, 3.8) is 0 Å². The predicted octanol–water partition coefficient (Wildman–Crippen LogP) is -0.339. The zero-order chi connectivity index (χ0) is 7.98. The number of nitrogens with one attached hydrogen (secondary N) is 1. The van der Waals surface area contributed by atoms with Gasteiger partial charge in [-0.3, -0.25) is 4.79 Å². The van der Waals surface area contributed by atoms with Gasteiger partial charge in [0, 0.05) is 0 Å². The van der Waals surface area contributed by atoms with Gasteiger partial charge in [-0.05, 0) is 7.05 Å². The molecule has 0 amide bonds. The van der Waals surface area contributed by atoms with Gasteiger partial charge in [0.1, 0.15) is 6.04 Å². The summed E-state index contributed by atoms with van der Waals surface area (Å²) >= 11 is 0. The summed E-state index contributed by atoms with van der Waals surface area (Å²) in [5, 5.41) is 11.0. The number of esters is 1. The average molecular weight is 142 g/mol. The summed E-state index contributed by atoms with van der Waals surface area (Å²) in [6.07, 6.45) is 0.101. The van der Waals surface area contributed by atoms with Gasteiger partial charge in [0.25, 0.3) is 0 Å². The molecule has 0 bridgehead atoms. The molecule has 1 atom stereocenters. The lowest BCUT2D eigenvalue weighted by Gasteiger charge is -2.03. The van der Waals surface area contributed by atoms with Crippen LogP contribution < -0.4 is 5.32 Å². The van der Waals surface area contributed by atoms with Crippen LogP contribution in [-0.2, 0) is 9.53 Å². The highest BCUT2D eigenvalue weighted by Crippen LogP contribution is 1.90. The number of rotatable bonds is 3. The van der Waals surface area contributed by atoms with Crippen molar-refractivity contribution in [3.05, 3.63) is 0 Å². The molecule has 0 heterocycles. The molecule has 0 aromatic rings. The standard InChI is InChI=1S/C6H10N2O2/c1-8-5(4-7)3-6(9)10-2/h5,8H,3H2,1-2H3. The third kappa shape index (κ3) is 3.05. The quantitative estimate of drug-likeness (QED) is 0.547. The monoisotopic (exact) mass is 142 g/mol. The van der Waals surface area contributed by atoms with Crippen LogP contribution in [0.15, 0.2) is 0 Å². The van der Waals surface area contributed by atoms with E-state index in [-0.39, 0.29) is 12.4 Å².